The zero-order valence-electron chi connectivity index (χ0n) is 10.3. The number of likely N-dealkylation sites (tertiary alicyclic amines) is 1. The number of benzene rings is 1. The predicted octanol–water partition coefficient (Wildman–Crippen LogP) is 2.38. The fourth-order valence-electron chi connectivity index (χ4n) is 2.51. The molecule has 0 unspecified atom stereocenters. The van der Waals surface area contributed by atoms with Crippen LogP contribution in [-0.4, -0.2) is 36.1 Å². The summed E-state index contributed by atoms with van der Waals surface area (Å²) in [6.07, 6.45) is 3.67. The lowest BCUT2D eigenvalue weighted by atomic mass is 10.1. The third kappa shape index (κ3) is 3.03. The highest BCUT2D eigenvalue weighted by Gasteiger charge is 2.26. The molecule has 1 saturated heterocycles. The molecule has 0 bridgehead atoms. The number of hydrogen-bond donors (Lipinski definition) is 0. The first kappa shape index (κ1) is 12.0. The summed E-state index contributed by atoms with van der Waals surface area (Å²) in [6, 6.07) is 6.94. The largest absolute Gasteiger partial charge is 0.326 e. The average molecular weight is 235 g/mol. The summed E-state index contributed by atoms with van der Waals surface area (Å²) in [5.41, 5.74) is 1.37. The van der Waals surface area contributed by atoms with Gasteiger partial charge in [-0.25, -0.2) is 0 Å². The monoisotopic (exact) mass is 235 g/mol. The number of non-ortho nitro benzene ring substituents is 1. The highest BCUT2D eigenvalue weighted by molar-refractivity contribution is 5.32. The van der Waals surface area contributed by atoms with Crippen molar-refractivity contribution in [3.63, 3.8) is 0 Å². The van der Waals surface area contributed by atoms with E-state index in [2.05, 4.69) is 7.05 Å². The van der Waals surface area contributed by atoms with Crippen LogP contribution in [0.4, 0.5) is 5.69 Å². The summed E-state index contributed by atoms with van der Waals surface area (Å²) in [5, 5.41) is 10.5. The number of rotatable bonds is 4. The number of nitro groups is 1. The number of quaternary nitrogens is 1. The molecule has 1 fully saturated rings. The minimum absolute atomic E-state index is 0.176. The van der Waals surface area contributed by atoms with E-state index in [-0.39, 0.29) is 10.6 Å². The van der Waals surface area contributed by atoms with Crippen molar-refractivity contribution in [1.29, 1.82) is 0 Å². The Morgan fingerprint density at radius 1 is 1.24 bits per heavy atom. The molecule has 1 heterocycles. The molecule has 0 aliphatic carbocycles. The van der Waals surface area contributed by atoms with E-state index in [9.17, 15) is 10.1 Å². The topological polar surface area (TPSA) is 43.1 Å². The van der Waals surface area contributed by atoms with E-state index in [0.717, 1.165) is 17.4 Å². The van der Waals surface area contributed by atoms with Gasteiger partial charge in [-0.2, -0.15) is 0 Å². The fraction of sp³-hybridized carbons (Fsp3) is 0.538. The Balaban J connectivity index is 1.93. The van der Waals surface area contributed by atoms with Gasteiger partial charge in [-0.3, -0.25) is 10.1 Å². The third-order valence-corrected chi connectivity index (χ3v) is 3.73. The van der Waals surface area contributed by atoms with Gasteiger partial charge >= 0.3 is 0 Å². The summed E-state index contributed by atoms with van der Waals surface area (Å²) in [6.45, 7) is 3.68. The molecule has 0 aromatic heterocycles. The molecule has 92 valence electrons. The van der Waals surface area contributed by atoms with Crippen LogP contribution in [0.15, 0.2) is 24.3 Å². The first-order valence-electron chi connectivity index (χ1n) is 6.16. The van der Waals surface area contributed by atoms with Crippen LogP contribution in [0.2, 0.25) is 0 Å². The second-order valence-corrected chi connectivity index (χ2v) is 5.17. The van der Waals surface area contributed by atoms with Crippen molar-refractivity contribution >= 4 is 5.69 Å². The molecule has 1 aliphatic rings. The molecule has 0 N–H and O–H groups in total. The van der Waals surface area contributed by atoms with E-state index in [4.69, 9.17) is 0 Å². The van der Waals surface area contributed by atoms with Crippen LogP contribution in [-0.2, 0) is 6.42 Å². The molecule has 4 nitrogen and oxygen atoms in total. The first-order chi connectivity index (χ1) is 8.09. The Kier molecular flexibility index (Phi) is 3.43. The van der Waals surface area contributed by atoms with Crippen LogP contribution in [0.5, 0.6) is 0 Å². The molecule has 4 heteroatoms. The van der Waals surface area contributed by atoms with Crippen LogP contribution >= 0.6 is 0 Å². The maximum Gasteiger partial charge on any atom is 0.269 e. The van der Waals surface area contributed by atoms with Gasteiger partial charge in [0.1, 0.15) is 0 Å². The molecule has 0 spiro atoms. The maximum absolute atomic E-state index is 10.5. The van der Waals surface area contributed by atoms with Crippen molar-refractivity contribution in [2.45, 2.75) is 19.3 Å². The summed E-state index contributed by atoms with van der Waals surface area (Å²) in [5.74, 6) is 0. The van der Waals surface area contributed by atoms with Gasteiger partial charge in [0.15, 0.2) is 0 Å². The quantitative estimate of drug-likeness (QED) is 0.457. The van der Waals surface area contributed by atoms with Gasteiger partial charge in [0.05, 0.1) is 31.6 Å². The second-order valence-electron chi connectivity index (χ2n) is 5.17. The fourth-order valence-corrected chi connectivity index (χ4v) is 2.51. The molecular formula is C13H19N2O2+. The molecular weight excluding hydrogens is 216 g/mol. The minimum Gasteiger partial charge on any atom is -0.326 e. The second kappa shape index (κ2) is 4.84. The lowest BCUT2D eigenvalue weighted by Crippen LogP contribution is -2.42. The summed E-state index contributed by atoms with van der Waals surface area (Å²) < 4.78 is 1.15. The Bertz CT molecular complexity index is 394. The lowest BCUT2D eigenvalue weighted by molar-refractivity contribution is -0.897. The smallest absolute Gasteiger partial charge is 0.269 e. The number of likely N-dealkylation sites (N-methyl/N-ethyl adjacent to an activating group) is 1. The molecule has 2 rings (SSSR count). The van der Waals surface area contributed by atoms with Crippen molar-refractivity contribution in [3.05, 3.63) is 39.9 Å². The molecule has 0 amide bonds. The first-order valence-corrected chi connectivity index (χ1v) is 6.16. The molecule has 1 aromatic rings. The molecule has 1 aliphatic heterocycles. The minimum atomic E-state index is -0.349. The molecule has 0 radical (unpaired) electrons. The summed E-state index contributed by atoms with van der Waals surface area (Å²) in [7, 11) is 2.30. The Hall–Kier alpha value is -1.42. The standard InChI is InChI=1S/C13H19N2O2/c1-15(9-2-3-10-15)11-8-12-4-6-13(7-5-12)14(16)17/h4-7H,2-3,8-11H2,1H3/q+1. The van der Waals surface area contributed by atoms with Crippen molar-refractivity contribution < 1.29 is 9.41 Å². The number of nitro benzene ring substituents is 1. The van der Waals surface area contributed by atoms with E-state index in [0.29, 0.717) is 0 Å². The summed E-state index contributed by atoms with van der Waals surface area (Å²) >= 11 is 0. The van der Waals surface area contributed by atoms with Gasteiger partial charge in [-0.05, 0) is 5.56 Å². The van der Waals surface area contributed by atoms with Crippen LogP contribution in [0.25, 0.3) is 0 Å². The van der Waals surface area contributed by atoms with E-state index in [1.54, 1.807) is 12.1 Å². The van der Waals surface area contributed by atoms with Gasteiger partial charge in [0, 0.05) is 31.4 Å². The van der Waals surface area contributed by atoms with E-state index in [1.807, 2.05) is 12.1 Å². The zero-order chi connectivity index (χ0) is 12.3. The lowest BCUT2D eigenvalue weighted by Gasteiger charge is -2.29. The predicted molar refractivity (Wildman–Crippen MR) is 66.8 cm³/mol. The number of nitrogens with zero attached hydrogens (tertiary/aromatic N) is 2. The Labute approximate surface area is 102 Å². The van der Waals surface area contributed by atoms with Crippen molar-refractivity contribution in [1.82, 2.24) is 0 Å². The summed E-state index contributed by atoms with van der Waals surface area (Å²) in [4.78, 5) is 10.2. The third-order valence-electron chi connectivity index (χ3n) is 3.73. The molecule has 0 atom stereocenters. The van der Waals surface area contributed by atoms with Crippen molar-refractivity contribution in [2.75, 3.05) is 26.7 Å². The highest BCUT2D eigenvalue weighted by Crippen LogP contribution is 2.18. The zero-order valence-corrected chi connectivity index (χ0v) is 10.3. The van der Waals surface area contributed by atoms with Crippen LogP contribution in [0, 0.1) is 10.1 Å². The van der Waals surface area contributed by atoms with E-state index < -0.39 is 0 Å². The normalized spacial score (nSPS) is 18.2. The highest BCUT2D eigenvalue weighted by atomic mass is 16.6. The van der Waals surface area contributed by atoms with Crippen LogP contribution in [0.3, 0.4) is 0 Å². The Morgan fingerprint density at radius 3 is 2.35 bits per heavy atom. The van der Waals surface area contributed by atoms with Crippen LogP contribution < -0.4 is 0 Å². The average Bonchev–Trinajstić information content (AvgIpc) is 2.75. The van der Waals surface area contributed by atoms with Gasteiger partial charge in [-0.1, -0.05) is 12.1 Å². The maximum atomic E-state index is 10.5. The van der Waals surface area contributed by atoms with Crippen molar-refractivity contribution in [3.8, 4) is 0 Å². The molecule has 1 aromatic carbocycles. The van der Waals surface area contributed by atoms with Gasteiger partial charge in [-0.15, -0.1) is 0 Å². The molecule has 0 saturated carbocycles. The SMILES string of the molecule is C[N+]1(CCc2ccc([N+](=O)[O-])cc2)CCCC1. The van der Waals surface area contributed by atoms with Crippen molar-refractivity contribution in [2.24, 2.45) is 0 Å². The van der Waals surface area contributed by atoms with Gasteiger partial charge in [0.2, 0.25) is 0 Å². The van der Waals surface area contributed by atoms with E-state index in [1.165, 1.54) is 31.5 Å². The van der Waals surface area contributed by atoms with E-state index >= 15 is 0 Å². The van der Waals surface area contributed by atoms with Gasteiger partial charge < -0.3 is 4.48 Å². The van der Waals surface area contributed by atoms with Gasteiger partial charge in [0.25, 0.3) is 5.69 Å². The van der Waals surface area contributed by atoms with Crippen LogP contribution in [0.1, 0.15) is 18.4 Å². The Morgan fingerprint density at radius 2 is 1.82 bits per heavy atom. The molecule has 17 heavy (non-hydrogen) atoms. The number of hydrogen-bond acceptors (Lipinski definition) is 2.